The number of benzene rings is 1. The first-order valence-corrected chi connectivity index (χ1v) is 9.93. The van der Waals surface area contributed by atoms with E-state index in [-0.39, 0.29) is 5.78 Å². The first kappa shape index (κ1) is 10.9. The average Bonchev–Trinajstić information content (AvgIpc) is 2.10. The van der Waals surface area contributed by atoms with Crippen LogP contribution in [-0.4, -0.2) is 5.78 Å². The molecule has 0 saturated heterocycles. The van der Waals surface area contributed by atoms with E-state index < -0.39 is 0 Å². The third-order valence-electron chi connectivity index (χ3n) is 1.10. The van der Waals surface area contributed by atoms with Crippen LogP contribution in [0.15, 0.2) is 30.3 Å². The number of halogens is 1. The topological polar surface area (TPSA) is 17.1 Å². The van der Waals surface area contributed by atoms with Gasteiger partial charge in [0.1, 0.15) is 0 Å². The average molecular weight is 264 g/mol. The monoisotopic (exact) mass is 262 g/mol. The molecule has 0 aliphatic carbocycles. The quantitative estimate of drug-likeness (QED) is 0.433. The van der Waals surface area contributed by atoms with Gasteiger partial charge >= 0.3 is 30.0 Å². The Kier molecular flexibility index (Phi) is 6.48. The van der Waals surface area contributed by atoms with E-state index in [1.54, 1.807) is 12.1 Å². The fourth-order valence-electron chi connectivity index (χ4n) is 0.624. The summed E-state index contributed by atoms with van der Waals surface area (Å²) < 4.78 is 0. The molecular formula is C8H7BrOZn. The number of Topliss-reactive ketones (excluding diaryl/α,β-unsaturated/α-hetero) is 1. The van der Waals surface area contributed by atoms with Gasteiger partial charge in [0.2, 0.25) is 0 Å². The zero-order valence-corrected chi connectivity index (χ0v) is 10.6. The summed E-state index contributed by atoms with van der Waals surface area (Å²) in [6.07, 6.45) is 0. The van der Waals surface area contributed by atoms with Crippen LogP contribution in [0.3, 0.4) is 0 Å². The van der Waals surface area contributed by atoms with Crippen LogP contribution in [0.25, 0.3) is 0 Å². The fraction of sp³-hybridized carbons (Fsp3) is 0. The Morgan fingerprint density at radius 1 is 1.27 bits per heavy atom. The van der Waals surface area contributed by atoms with Crippen LogP contribution >= 0.6 is 13.6 Å². The molecule has 0 atom stereocenters. The summed E-state index contributed by atoms with van der Waals surface area (Å²) in [4.78, 5) is 10.5. The Morgan fingerprint density at radius 2 is 1.73 bits per heavy atom. The SMILES string of the molecule is [CH2-]C(=O)c1ccccc1.[Zn+][Br]. The molecule has 1 nitrogen and oxygen atoms in total. The van der Waals surface area contributed by atoms with Gasteiger partial charge < -0.3 is 4.79 Å². The van der Waals surface area contributed by atoms with Gasteiger partial charge in [-0.25, -0.2) is 0 Å². The van der Waals surface area contributed by atoms with E-state index in [2.05, 4.69) is 20.5 Å². The first-order chi connectivity index (χ1) is 5.30. The van der Waals surface area contributed by atoms with Crippen LogP contribution in [-0.2, 0) is 16.3 Å². The van der Waals surface area contributed by atoms with Crippen molar-refractivity contribution in [1.29, 1.82) is 0 Å². The van der Waals surface area contributed by atoms with E-state index in [1.165, 1.54) is 16.3 Å². The predicted octanol–water partition coefficient (Wildman–Crippen LogP) is 2.55. The zero-order valence-electron chi connectivity index (χ0n) is 6.09. The third kappa shape index (κ3) is 4.33. The molecular weight excluding hydrogens is 257 g/mol. The molecule has 3 heteroatoms. The number of carbonyl (C=O) groups excluding carboxylic acids is 1. The van der Waals surface area contributed by atoms with Crippen molar-refractivity contribution in [2.45, 2.75) is 0 Å². The standard InChI is InChI=1S/C8H7O.BrH.Zn/c1-7(9)8-5-3-2-4-6-8;;/h2-6H,1H2;1H;/q-1;;+2/p-1. The third-order valence-corrected chi connectivity index (χ3v) is 1.10. The van der Waals surface area contributed by atoms with Crippen molar-refractivity contribution in [3.63, 3.8) is 0 Å². The van der Waals surface area contributed by atoms with Gasteiger partial charge in [-0.1, -0.05) is 18.2 Å². The summed E-state index contributed by atoms with van der Waals surface area (Å²) >= 11 is 4.25. The van der Waals surface area contributed by atoms with Gasteiger partial charge in [0.15, 0.2) is 0 Å². The van der Waals surface area contributed by atoms with Gasteiger partial charge in [0.05, 0.1) is 0 Å². The Balaban J connectivity index is 0.000000461. The summed E-state index contributed by atoms with van der Waals surface area (Å²) in [6.45, 7) is 3.27. The second-order valence-corrected chi connectivity index (χ2v) is 1.79. The summed E-state index contributed by atoms with van der Waals surface area (Å²) in [5.74, 6) is -0.129. The van der Waals surface area contributed by atoms with E-state index in [4.69, 9.17) is 0 Å². The van der Waals surface area contributed by atoms with Crippen molar-refractivity contribution in [3.05, 3.63) is 42.8 Å². The Morgan fingerprint density at radius 3 is 2.00 bits per heavy atom. The molecule has 54 valence electrons. The number of carbonyl (C=O) groups is 1. The Labute approximate surface area is 83.2 Å². The van der Waals surface area contributed by atoms with Crippen molar-refractivity contribution in [1.82, 2.24) is 0 Å². The van der Waals surface area contributed by atoms with Gasteiger partial charge in [-0.05, 0) is 0 Å². The fourth-order valence-corrected chi connectivity index (χ4v) is 0.624. The molecule has 1 aromatic rings. The van der Waals surface area contributed by atoms with Crippen LogP contribution in [0, 0.1) is 6.92 Å². The van der Waals surface area contributed by atoms with Crippen LogP contribution in [0.4, 0.5) is 0 Å². The molecule has 0 amide bonds. The molecule has 0 spiro atoms. The molecule has 1 aromatic carbocycles. The molecule has 0 aliphatic rings. The Bertz CT molecular complexity index is 211. The van der Waals surface area contributed by atoms with Crippen LogP contribution in [0.5, 0.6) is 0 Å². The molecule has 1 rings (SSSR count). The van der Waals surface area contributed by atoms with E-state index in [9.17, 15) is 4.79 Å². The molecule has 0 saturated carbocycles. The zero-order chi connectivity index (χ0) is 8.69. The van der Waals surface area contributed by atoms with Gasteiger partial charge in [0, 0.05) is 5.78 Å². The number of ketones is 1. The molecule has 0 heterocycles. The molecule has 11 heavy (non-hydrogen) atoms. The van der Waals surface area contributed by atoms with Gasteiger partial charge in [-0.15, -0.1) is 17.7 Å². The normalized spacial score (nSPS) is 7.91. The van der Waals surface area contributed by atoms with Gasteiger partial charge in [-0.2, -0.15) is 6.92 Å². The molecule has 0 aliphatic heterocycles. The van der Waals surface area contributed by atoms with Gasteiger partial charge in [-0.3, -0.25) is 0 Å². The van der Waals surface area contributed by atoms with Crippen molar-refractivity contribution < 1.29 is 21.1 Å². The van der Waals surface area contributed by atoms with Gasteiger partial charge in [0.25, 0.3) is 0 Å². The van der Waals surface area contributed by atoms with E-state index in [1.807, 2.05) is 18.2 Å². The number of hydrogen-bond acceptors (Lipinski definition) is 1. The van der Waals surface area contributed by atoms with Crippen molar-refractivity contribution in [2.75, 3.05) is 0 Å². The molecule has 0 unspecified atom stereocenters. The second kappa shape index (κ2) is 6.57. The summed E-state index contributed by atoms with van der Waals surface area (Å²) in [5.41, 5.74) is 0.664. The predicted molar refractivity (Wildman–Crippen MR) is 45.1 cm³/mol. The summed E-state index contributed by atoms with van der Waals surface area (Å²) in [7, 11) is 0. The minimum atomic E-state index is -0.129. The first-order valence-electron chi connectivity index (χ1n) is 2.99. The molecule has 0 bridgehead atoms. The Hall–Kier alpha value is -0.137. The molecule has 0 radical (unpaired) electrons. The summed E-state index contributed by atoms with van der Waals surface area (Å²) in [6, 6.07) is 8.99. The molecule has 0 fully saturated rings. The maximum atomic E-state index is 10.5. The second-order valence-electron chi connectivity index (χ2n) is 1.79. The minimum absolute atomic E-state index is 0.129. The van der Waals surface area contributed by atoms with Crippen molar-refractivity contribution in [3.8, 4) is 0 Å². The maximum absolute atomic E-state index is 10.5. The van der Waals surface area contributed by atoms with Crippen LogP contribution in [0.1, 0.15) is 10.4 Å². The van der Waals surface area contributed by atoms with E-state index >= 15 is 0 Å². The van der Waals surface area contributed by atoms with E-state index in [0.29, 0.717) is 5.56 Å². The summed E-state index contributed by atoms with van der Waals surface area (Å²) in [5, 5.41) is 0. The molecule has 0 N–H and O–H groups in total. The van der Waals surface area contributed by atoms with E-state index in [0.717, 1.165) is 0 Å². The number of hydrogen-bond donors (Lipinski definition) is 0. The van der Waals surface area contributed by atoms with Crippen LogP contribution < -0.4 is 0 Å². The van der Waals surface area contributed by atoms with Crippen molar-refractivity contribution >= 4 is 19.4 Å². The van der Waals surface area contributed by atoms with Crippen molar-refractivity contribution in [2.24, 2.45) is 0 Å². The molecule has 0 aromatic heterocycles. The number of rotatable bonds is 1. The van der Waals surface area contributed by atoms with Crippen LogP contribution in [0.2, 0.25) is 0 Å².